The predicted molar refractivity (Wildman–Crippen MR) is 42.1 cm³/mol. The lowest BCUT2D eigenvalue weighted by Gasteiger charge is -1.80. The van der Waals surface area contributed by atoms with Gasteiger partial charge in [-0.25, -0.2) is 0 Å². The quantitative estimate of drug-likeness (QED) is 0.498. The van der Waals surface area contributed by atoms with Gasteiger partial charge in [-0.3, -0.25) is 0 Å². The average Bonchev–Trinajstić information content (AvgIpc) is 1.25. The molecule has 0 aromatic carbocycles. The normalized spacial score (nSPS) is 9.00. The summed E-state index contributed by atoms with van der Waals surface area (Å²) < 4.78 is 0. The first-order valence-electron chi connectivity index (χ1n) is 3.14. The monoisotopic (exact) mass is 134 g/mol. The van der Waals surface area contributed by atoms with Crippen LogP contribution in [0.25, 0.3) is 0 Å². The van der Waals surface area contributed by atoms with Crippen molar-refractivity contribution in [3.05, 3.63) is 0 Å². The molecule has 52 valence electrons. The highest BCUT2D eigenvalue weighted by Gasteiger charge is 1.71. The van der Waals surface area contributed by atoms with Crippen molar-refractivity contribution in [2.24, 2.45) is 0 Å². The van der Waals surface area contributed by atoms with Gasteiger partial charge < -0.3 is 5.11 Å². The summed E-state index contributed by atoms with van der Waals surface area (Å²) in [5.74, 6) is 0. The first kappa shape index (κ1) is 11.0. The van der Waals surface area contributed by atoms with E-state index >= 15 is 0 Å². The Morgan fingerprint density at radius 3 is 1.12 bits per heavy atom. The summed E-state index contributed by atoms with van der Waals surface area (Å²) >= 11 is 0. The largest absolute Gasteiger partial charge is 0.394 e. The van der Waals surface area contributed by atoms with Gasteiger partial charge in [0, 0.05) is 14.9 Å². The second-order valence-corrected chi connectivity index (χ2v) is 6.29. The maximum Gasteiger partial charge on any atom is 0.0483 e. The molecule has 8 heavy (non-hydrogen) atoms. The summed E-state index contributed by atoms with van der Waals surface area (Å²) in [7, 11) is -0.139. The van der Waals surface area contributed by atoms with E-state index in [2.05, 4.69) is 19.6 Å². The zero-order valence-electron chi connectivity index (χ0n) is 6.60. The molecule has 0 amide bonds. The second kappa shape index (κ2) is 7.18. The fourth-order valence-electron chi connectivity index (χ4n) is 0. The maximum atomic E-state index is 8.06. The predicted octanol–water partition coefficient (Wildman–Crippen LogP) is 1.49. The highest BCUT2D eigenvalue weighted by atomic mass is 28.3. The molecule has 1 nitrogen and oxygen atoms in total. The summed E-state index contributed by atoms with van der Waals surface area (Å²) in [6.07, 6.45) is -0.167. The van der Waals surface area contributed by atoms with Crippen molar-refractivity contribution in [1.29, 1.82) is 0 Å². The van der Waals surface area contributed by atoms with E-state index in [1.807, 2.05) is 0 Å². The van der Waals surface area contributed by atoms with E-state index in [1.54, 1.807) is 13.8 Å². The molecular formula is C6H18OSi. The third kappa shape index (κ3) is 5290. The summed E-state index contributed by atoms with van der Waals surface area (Å²) in [6.45, 7) is 10.4. The molecule has 0 aliphatic carbocycles. The van der Waals surface area contributed by atoms with Gasteiger partial charge in [-0.15, -0.1) is 0 Å². The zero-order valence-corrected chi connectivity index (χ0v) is 7.76. The van der Waals surface area contributed by atoms with E-state index < -0.39 is 0 Å². The molecule has 0 fully saturated rings. The Hall–Kier alpha value is 0.177. The first-order valence-corrected chi connectivity index (χ1v) is 6.61. The van der Waals surface area contributed by atoms with Crippen LogP contribution in [0.15, 0.2) is 0 Å². The van der Waals surface area contributed by atoms with Gasteiger partial charge in [0.15, 0.2) is 0 Å². The summed E-state index contributed by atoms with van der Waals surface area (Å²) in [5, 5.41) is 8.06. The summed E-state index contributed by atoms with van der Waals surface area (Å²) in [4.78, 5) is 0. The fraction of sp³-hybridized carbons (Fsp3) is 1.00. The number of hydrogen-bond acceptors (Lipinski definition) is 1. The minimum Gasteiger partial charge on any atom is -0.394 e. The van der Waals surface area contributed by atoms with Crippen LogP contribution in [-0.2, 0) is 0 Å². The van der Waals surface area contributed by atoms with Crippen LogP contribution in [0.3, 0.4) is 0 Å². The maximum absolute atomic E-state index is 8.06. The molecule has 0 saturated carbocycles. The van der Waals surface area contributed by atoms with Crippen molar-refractivity contribution in [3.8, 4) is 0 Å². The van der Waals surface area contributed by atoms with Gasteiger partial charge in [-0.05, 0) is 13.8 Å². The van der Waals surface area contributed by atoms with Crippen LogP contribution >= 0.6 is 0 Å². The molecule has 0 aliphatic rings. The standard InChI is InChI=1S/C3H8O.C3H10Si/c1-3(2)4;1-4(2)3/h3-4H,1-2H3;4H,1-3H3. The lowest BCUT2D eigenvalue weighted by molar-refractivity contribution is 0.216. The van der Waals surface area contributed by atoms with Gasteiger partial charge in [-0.2, -0.15) is 0 Å². The van der Waals surface area contributed by atoms with Crippen LogP contribution in [0.1, 0.15) is 13.8 Å². The number of aliphatic hydroxyl groups excluding tert-OH is 1. The number of hydrogen-bond donors (Lipinski definition) is 1. The second-order valence-electron chi connectivity index (χ2n) is 2.83. The molecule has 0 heterocycles. The van der Waals surface area contributed by atoms with Crippen molar-refractivity contribution in [2.75, 3.05) is 0 Å². The zero-order chi connectivity index (χ0) is 7.15. The van der Waals surface area contributed by atoms with E-state index in [1.165, 1.54) is 0 Å². The Labute approximate surface area is 54.3 Å². The summed E-state index contributed by atoms with van der Waals surface area (Å²) in [5.41, 5.74) is 0. The van der Waals surface area contributed by atoms with E-state index in [0.717, 1.165) is 0 Å². The van der Waals surface area contributed by atoms with Gasteiger partial charge in [0.25, 0.3) is 0 Å². The van der Waals surface area contributed by atoms with E-state index in [-0.39, 0.29) is 14.9 Å². The Kier molecular flexibility index (Phi) is 9.90. The molecule has 1 N–H and O–H groups in total. The lowest BCUT2D eigenvalue weighted by atomic mass is 10.5. The van der Waals surface area contributed by atoms with E-state index in [4.69, 9.17) is 5.11 Å². The molecule has 0 bridgehead atoms. The van der Waals surface area contributed by atoms with Gasteiger partial charge in [0.1, 0.15) is 0 Å². The average molecular weight is 134 g/mol. The van der Waals surface area contributed by atoms with Crippen molar-refractivity contribution in [2.45, 2.75) is 39.6 Å². The molecule has 0 atom stereocenters. The van der Waals surface area contributed by atoms with Crippen molar-refractivity contribution < 1.29 is 5.11 Å². The SMILES string of the molecule is CC(C)O.C[SiH](C)C. The van der Waals surface area contributed by atoms with Crippen molar-refractivity contribution >= 4 is 8.80 Å². The number of rotatable bonds is 0. The number of aliphatic hydroxyl groups is 1. The van der Waals surface area contributed by atoms with Gasteiger partial charge in [0.2, 0.25) is 0 Å². The van der Waals surface area contributed by atoms with E-state index in [9.17, 15) is 0 Å². The minimum absolute atomic E-state index is 0.139. The highest BCUT2D eigenvalue weighted by molar-refractivity contribution is 6.54. The lowest BCUT2D eigenvalue weighted by Crippen LogP contribution is -1.85. The topological polar surface area (TPSA) is 20.2 Å². The molecule has 0 rings (SSSR count). The van der Waals surface area contributed by atoms with Gasteiger partial charge in [-0.1, -0.05) is 19.6 Å². The Balaban J connectivity index is 0. The summed E-state index contributed by atoms with van der Waals surface area (Å²) in [6, 6.07) is 0. The van der Waals surface area contributed by atoms with Crippen LogP contribution in [0.4, 0.5) is 0 Å². The highest BCUT2D eigenvalue weighted by Crippen LogP contribution is 1.68. The van der Waals surface area contributed by atoms with Gasteiger partial charge >= 0.3 is 0 Å². The molecule has 0 aromatic heterocycles. The molecule has 0 saturated heterocycles. The van der Waals surface area contributed by atoms with E-state index in [0.29, 0.717) is 0 Å². The van der Waals surface area contributed by atoms with Crippen LogP contribution in [-0.4, -0.2) is 20.0 Å². The van der Waals surface area contributed by atoms with Crippen molar-refractivity contribution in [1.82, 2.24) is 0 Å². The van der Waals surface area contributed by atoms with Crippen LogP contribution in [0.2, 0.25) is 19.6 Å². The van der Waals surface area contributed by atoms with Crippen LogP contribution < -0.4 is 0 Å². The molecule has 0 spiro atoms. The molecule has 2 heteroatoms. The van der Waals surface area contributed by atoms with Crippen molar-refractivity contribution in [3.63, 3.8) is 0 Å². The minimum atomic E-state index is -0.167. The smallest absolute Gasteiger partial charge is 0.0483 e. The molecular weight excluding hydrogens is 116 g/mol. The molecule has 0 unspecified atom stereocenters. The Bertz CT molecular complexity index is 24.0. The first-order chi connectivity index (χ1) is 3.46. The van der Waals surface area contributed by atoms with Crippen LogP contribution in [0.5, 0.6) is 0 Å². The van der Waals surface area contributed by atoms with Crippen LogP contribution in [0, 0.1) is 0 Å². The third-order valence-corrected chi connectivity index (χ3v) is 0. The molecule has 0 aliphatic heterocycles. The fourth-order valence-corrected chi connectivity index (χ4v) is 0. The Morgan fingerprint density at radius 1 is 1.12 bits per heavy atom. The Morgan fingerprint density at radius 2 is 1.12 bits per heavy atom. The molecule has 0 aromatic rings. The van der Waals surface area contributed by atoms with Gasteiger partial charge in [0.05, 0.1) is 0 Å². The molecule has 0 radical (unpaired) electrons. The third-order valence-electron chi connectivity index (χ3n) is 0.